The standard InChI is InChI=1S/C13H14ClNO4/c14-11-8-10(4-5-12(11)15(17)18)13(16)19-7-6-9-2-1-3-9/h4-5,8-9H,1-3,6-7H2. The van der Waals surface area contributed by atoms with Crippen LogP contribution in [0.5, 0.6) is 0 Å². The largest absolute Gasteiger partial charge is 0.462 e. The molecule has 1 aromatic rings. The Hall–Kier alpha value is -1.62. The molecule has 1 aromatic carbocycles. The maximum absolute atomic E-state index is 11.7. The zero-order valence-electron chi connectivity index (χ0n) is 10.3. The topological polar surface area (TPSA) is 69.4 Å². The second kappa shape index (κ2) is 6.02. The van der Waals surface area contributed by atoms with E-state index in [0.717, 1.165) is 6.42 Å². The Labute approximate surface area is 115 Å². The molecular weight excluding hydrogens is 270 g/mol. The van der Waals surface area contributed by atoms with Gasteiger partial charge in [0.15, 0.2) is 0 Å². The van der Waals surface area contributed by atoms with Gasteiger partial charge in [-0.25, -0.2) is 4.79 Å². The molecule has 5 nitrogen and oxygen atoms in total. The van der Waals surface area contributed by atoms with Crippen molar-refractivity contribution < 1.29 is 14.5 Å². The molecule has 2 rings (SSSR count). The zero-order chi connectivity index (χ0) is 13.8. The molecule has 1 saturated carbocycles. The fourth-order valence-electron chi connectivity index (χ4n) is 1.97. The molecule has 0 atom stereocenters. The van der Waals surface area contributed by atoms with Gasteiger partial charge in [0.05, 0.1) is 17.1 Å². The molecule has 19 heavy (non-hydrogen) atoms. The summed E-state index contributed by atoms with van der Waals surface area (Å²) < 4.78 is 5.12. The van der Waals surface area contributed by atoms with Crippen molar-refractivity contribution >= 4 is 23.3 Å². The first-order chi connectivity index (χ1) is 9.08. The molecule has 1 aliphatic rings. The van der Waals surface area contributed by atoms with Crippen LogP contribution in [0.1, 0.15) is 36.0 Å². The summed E-state index contributed by atoms with van der Waals surface area (Å²) in [6, 6.07) is 3.84. The number of esters is 1. The maximum atomic E-state index is 11.7. The molecule has 0 bridgehead atoms. The third kappa shape index (κ3) is 3.44. The van der Waals surface area contributed by atoms with Crippen LogP contribution in [0.25, 0.3) is 0 Å². The molecule has 0 amide bonds. The van der Waals surface area contributed by atoms with E-state index in [2.05, 4.69) is 0 Å². The van der Waals surface area contributed by atoms with Gasteiger partial charge in [0.25, 0.3) is 5.69 Å². The fourth-order valence-corrected chi connectivity index (χ4v) is 2.21. The van der Waals surface area contributed by atoms with E-state index in [0.29, 0.717) is 12.5 Å². The number of nitrogens with zero attached hydrogens (tertiary/aromatic N) is 1. The van der Waals surface area contributed by atoms with Crippen LogP contribution in [0.4, 0.5) is 5.69 Å². The second-order valence-corrected chi connectivity index (χ2v) is 5.05. The van der Waals surface area contributed by atoms with E-state index in [1.807, 2.05) is 0 Å². The number of carbonyl (C=O) groups is 1. The van der Waals surface area contributed by atoms with E-state index in [1.54, 1.807) is 0 Å². The molecule has 1 fully saturated rings. The average molecular weight is 284 g/mol. The van der Waals surface area contributed by atoms with Crippen LogP contribution < -0.4 is 0 Å². The molecule has 0 N–H and O–H groups in total. The first-order valence-electron chi connectivity index (χ1n) is 6.19. The normalized spacial score (nSPS) is 14.8. The Morgan fingerprint density at radius 1 is 1.47 bits per heavy atom. The highest BCUT2D eigenvalue weighted by Gasteiger charge is 2.19. The Morgan fingerprint density at radius 2 is 2.21 bits per heavy atom. The molecule has 0 unspecified atom stereocenters. The van der Waals surface area contributed by atoms with Crippen LogP contribution in [-0.2, 0) is 4.74 Å². The van der Waals surface area contributed by atoms with E-state index < -0.39 is 10.9 Å². The summed E-state index contributed by atoms with van der Waals surface area (Å²) in [7, 11) is 0. The van der Waals surface area contributed by atoms with Crippen molar-refractivity contribution in [3.05, 3.63) is 38.9 Å². The van der Waals surface area contributed by atoms with Crippen molar-refractivity contribution in [2.24, 2.45) is 5.92 Å². The number of benzene rings is 1. The molecule has 0 saturated heterocycles. The van der Waals surface area contributed by atoms with E-state index in [-0.39, 0.29) is 16.3 Å². The molecule has 0 heterocycles. The Balaban J connectivity index is 1.91. The van der Waals surface area contributed by atoms with Gasteiger partial charge in [-0.05, 0) is 24.5 Å². The van der Waals surface area contributed by atoms with Gasteiger partial charge in [-0.1, -0.05) is 30.9 Å². The summed E-state index contributed by atoms with van der Waals surface area (Å²) in [5.41, 5.74) is 0.0249. The van der Waals surface area contributed by atoms with Gasteiger partial charge in [0.1, 0.15) is 5.02 Å². The van der Waals surface area contributed by atoms with E-state index in [1.165, 1.54) is 37.5 Å². The van der Waals surface area contributed by atoms with Gasteiger partial charge in [-0.3, -0.25) is 10.1 Å². The maximum Gasteiger partial charge on any atom is 0.338 e. The molecule has 6 heteroatoms. The average Bonchev–Trinajstić information content (AvgIpc) is 2.31. The molecule has 0 aliphatic heterocycles. The number of nitro benzene ring substituents is 1. The number of carbonyl (C=O) groups excluding carboxylic acids is 1. The molecule has 0 aromatic heterocycles. The number of hydrogen-bond acceptors (Lipinski definition) is 4. The lowest BCUT2D eigenvalue weighted by Crippen LogP contribution is -2.15. The quantitative estimate of drug-likeness (QED) is 0.470. The van der Waals surface area contributed by atoms with E-state index >= 15 is 0 Å². The Kier molecular flexibility index (Phi) is 4.37. The Bertz CT molecular complexity index is 499. The molecule has 0 radical (unpaired) electrons. The molecular formula is C13H14ClNO4. The van der Waals surface area contributed by atoms with Crippen molar-refractivity contribution in [1.29, 1.82) is 0 Å². The summed E-state index contributed by atoms with van der Waals surface area (Å²) in [6.07, 6.45) is 4.56. The minimum atomic E-state index is -0.589. The number of halogens is 1. The highest BCUT2D eigenvalue weighted by Crippen LogP contribution is 2.29. The van der Waals surface area contributed by atoms with Crippen LogP contribution in [-0.4, -0.2) is 17.5 Å². The van der Waals surface area contributed by atoms with E-state index in [9.17, 15) is 14.9 Å². The number of nitro groups is 1. The highest BCUT2D eigenvalue weighted by molar-refractivity contribution is 6.33. The van der Waals surface area contributed by atoms with Gasteiger partial charge in [-0.15, -0.1) is 0 Å². The van der Waals surface area contributed by atoms with Gasteiger partial charge >= 0.3 is 5.97 Å². The van der Waals surface area contributed by atoms with Crippen LogP contribution >= 0.6 is 11.6 Å². The molecule has 1 aliphatic carbocycles. The zero-order valence-corrected chi connectivity index (χ0v) is 11.1. The lowest BCUT2D eigenvalue weighted by molar-refractivity contribution is -0.384. The van der Waals surface area contributed by atoms with Gasteiger partial charge in [-0.2, -0.15) is 0 Å². The van der Waals surface area contributed by atoms with Gasteiger partial charge < -0.3 is 4.74 Å². The fraction of sp³-hybridized carbons (Fsp3) is 0.462. The highest BCUT2D eigenvalue weighted by atomic mass is 35.5. The lowest BCUT2D eigenvalue weighted by atomic mass is 9.83. The second-order valence-electron chi connectivity index (χ2n) is 4.64. The van der Waals surface area contributed by atoms with Crippen LogP contribution in [0.2, 0.25) is 5.02 Å². The molecule has 0 spiro atoms. The predicted molar refractivity (Wildman–Crippen MR) is 70.3 cm³/mol. The van der Waals surface area contributed by atoms with Crippen LogP contribution in [0, 0.1) is 16.0 Å². The van der Waals surface area contributed by atoms with Crippen LogP contribution in [0.15, 0.2) is 18.2 Å². The van der Waals surface area contributed by atoms with Crippen LogP contribution in [0.3, 0.4) is 0 Å². The van der Waals surface area contributed by atoms with Crippen molar-refractivity contribution in [3.63, 3.8) is 0 Å². The smallest absolute Gasteiger partial charge is 0.338 e. The lowest BCUT2D eigenvalue weighted by Gasteiger charge is -2.24. The molecule has 102 valence electrons. The third-order valence-electron chi connectivity index (χ3n) is 3.36. The summed E-state index contributed by atoms with van der Waals surface area (Å²) >= 11 is 5.74. The monoisotopic (exact) mass is 283 g/mol. The Morgan fingerprint density at radius 3 is 2.74 bits per heavy atom. The first kappa shape index (κ1) is 13.8. The predicted octanol–water partition coefficient (Wildman–Crippen LogP) is 3.60. The van der Waals surface area contributed by atoms with Crippen molar-refractivity contribution in [3.8, 4) is 0 Å². The summed E-state index contributed by atoms with van der Waals surface area (Å²) in [5.74, 6) is 0.185. The summed E-state index contributed by atoms with van der Waals surface area (Å²) in [5, 5.41) is 10.5. The summed E-state index contributed by atoms with van der Waals surface area (Å²) in [4.78, 5) is 21.7. The van der Waals surface area contributed by atoms with Gasteiger partial charge in [0, 0.05) is 6.07 Å². The van der Waals surface area contributed by atoms with Crippen molar-refractivity contribution in [1.82, 2.24) is 0 Å². The minimum absolute atomic E-state index is 0.0570. The minimum Gasteiger partial charge on any atom is -0.462 e. The third-order valence-corrected chi connectivity index (χ3v) is 3.67. The first-order valence-corrected chi connectivity index (χ1v) is 6.57. The number of hydrogen-bond donors (Lipinski definition) is 0. The van der Waals surface area contributed by atoms with Crippen molar-refractivity contribution in [2.45, 2.75) is 25.7 Å². The number of rotatable bonds is 5. The SMILES string of the molecule is O=C(OCCC1CCC1)c1ccc([N+](=O)[O-])c(Cl)c1. The number of ether oxygens (including phenoxy) is 1. The van der Waals surface area contributed by atoms with E-state index in [4.69, 9.17) is 16.3 Å². The summed E-state index contributed by atoms with van der Waals surface area (Å²) in [6.45, 7) is 0.387. The van der Waals surface area contributed by atoms with Gasteiger partial charge in [0.2, 0.25) is 0 Å². The van der Waals surface area contributed by atoms with Crippen molar-refractivity contribution in [2.75, 3.05) is 6.61 Å².